The molecule has 0 radical (unpaired) electrons. The van der Waals surface area contributed by atoms with Crippen molar-refractivity contribution < 1.29 is 13.2 Å². The van der Waals surface area contributed by atoms with Crippen molar-refractivity contribution in [1.29, 1.82) is 0 Å². The van der Waals surface area contributed by atoms with Gasteiger partial charge >= 0.3 is 0 Å². The van der Waals surface area contributed by atoms with Gasteiger partial charge in [0.1, 0.15) is 6.10 Å². The van der Waals surface area contributed by atoms with E-state index in [0.29, 0.717) is 23.5 Å². The number of anilines is 1. The molecule has 6 bridgehead atoms. The smallest absolute Gasteiger partial charge is 0.264 e. The van der Waals surface area contributed by atoms with E-state index in [0.717, 1.165) is 54.5 Å². The first-order valence-electron chi connectivity index (χ1n) is 12.7. The number of hydrogen-bond donors (Lipinski definition) is 1. The third-order valence-electron chi connectivity index (χ3n) is 8.21. The van der Waals surface area contributed by atoms with Crippen molar-refractivity contribution >= 4 is 16.0 Å². The molecule has 2 aliphatic heterocycles. The minimum Gasteiger partial charge on any atom is -0.474 e. The molecule has 1 aromatic heterocycles. The van der Waals surface area contributed by atoms with Crippen molar-refractivity contribution in [3.8, 4) is 17.1 Å². The van der Waals surface area contributed by atoms with Crippen molar-refractivity contribution in [2.45, 2.75) is 62.5 Å². The lowest BCUT2D eigenvalue weighted by atomic mass is 9.70. The summed E-state index contributed by atoms with van der Waals surface area (Å²) in [5, 5.41) is 0. The topological polar surface area (TPSA) is 84.4 Å². The van der Waals surface area contributed by atoms with Crippen LogP contribution in [0.3, 0.4) is 0 Å². The maximum atomic E-state index is 13.4. The highest BCUT2D eigenvalue weighted by Crippen LogP contribution is 2.44. The van der Waals surface area contributed by atoms with E-state index in [1.165, 1.54) is 0 Å². The lowest BCUT2D eigenvalue weighted by molar-refractivity contribution is -0.0137. The highest BCUT2D eigenvalue weighted by molar-refractivity contribution is 7.92. The van der Waals surface area contributed by atoms with Gasteiger partial charge < -0.3 is 9.64 Å². The number of hydrogen-bond acceptors (Lipinski definition) is 6. The number of nitrogens with zero attached hydrogens (tertiary/aromatic N) is 3. The van der Waals surface area contributed by atoms with E-state index >= 15 is 0 Å². The molecule has 36 heavy (non-hydrogen) atoms. The van der Waals surface area contributed by atoms with E-state index < -0.39 is 10.0 Å². The second-order valence-electron chi connectivity index (χ2n) is 10.5. The van der Waals surface area contributed by atoms with Crippen molar-refractivity contribution in [2.24, 2.45) is 5.92 Å². The summed E-state index contributed by atoms with van der Waals surface area (Å²) in [6.45, 7) is 5.15. The monoisotopic (exact) mass is 504 g/mol. The van der Waals surface area contributed by atoms with Gasteiger partial charge in [0, 0.05) is 23.6 Å². The number of nitrogens with one attached hydrogen (secondary N) is 1. The zero-order valence-electron chi connectivity index (χ0n) is 20.9. The Morgan fingerprint density at radius 2 is 1.81 bits per heavy atom. The summed E-state index contributed by atoms with van der Waals surface area (Å²) >= 11 is 0. The number of benzene rings is 2. The number of aryl methyl sites for hydroxylation is 2. The van der Waals surface area contributed by atoms with Crippen molar-refractivity contribution in [1.82, 2.24) is 14.9 Å². The van der Waals surface area contributed by atoms with Crippen LogP contribution < -0.4 is 9.46 Å². The lowest BCUT2D eigenvalue weighted by Gasteiger charge is -2.48. The molecule has 3 unspecified atom stereocenters. The fourth-order valence-corrected chi connectivity index (χ4v) is 7.45. The first-order chi connectivity index (χ1) is 17.3. The standard InChI is InChI=1S/C28H32N4O3S/c1-17-7-4-8-18(2)27(17)23-16-26-30-28(29-23)31-36(33,34)21-10-5-9-19(13-21)20-14-24-22(25(15-20)35-26)11-6-12-32(24)3/h4-5,7-10,13,16,20,22,24-25H,6,11-12,14-15H2,1-3H3,(H,29,30,31)/t20?,22?,24?,25-/m0/s1. The van der Waals surface area contributed by atoms with E-state index in [2.05, 4.69) is 26.6 Å². The van der Waals surface area contributed by atoms with Crippen LogP contribution in [-0.4, -0.2) is 49.0 Å². The predicted octanol–water partition coefficient (Wildman–Crippen LogP) is 4.91. The van der Waals surface area contributed by atoms with E-state index in [1.54, 1.807) is 6.07 Å². The number of likely N-dealkylation sites (tertiary alicyclic amines) is 1. The molecular formula is C28H32N4O3S. The fraction of sp³-hybridized carbons (Fsp3) is 0.429. The Morgan fingerprint density at radius 1 is 1.03 bits per heavy atom. The van der Waals surface area contributed by atoms with E-state index in [4.69, 9.17) is 4.74 Å². The summed E-state index contributed by atoms with van der Waals surface area (Å²) < 4.78 is 36.1. The third kappa shape index (κ3) is 4.16. The molecule has 1 saturated carbocycles. The summed E-state index contributed by atoms with van der Waals surface area (Å²) in [6.07, 6.45) is 4.11. The Kier molecular flexibility index (Phi) is 5.76. The maximum absolute atomic E-state index is 13.4. The van der Waals surface area contributed by atoms with Crippen molar-refractivity contribution in [3.63, 3.8) is 0 Å². The number of piperidine rings is 1. The lowest BCUT2D eigenvalue weighted by Crippen LogP contribution is -2.52. The molecule has 1 saturated heterocycles. The van der Waals surface area contributed by atoms with Gasteiger partial charge in [0.05, 0.1) is 10.6 Å². The van der Waals surface area contributed by atoms with Crippen LogP contribution >= 0.6 is 0 Å². The van der Waals surface area contributed by atoms with Gasteiger partial charge in [-0.05, 0) is 87.9 Å². The van der Waals surface area contributed by atoms with Gasteiger partial charge in [-0.2, -0.15) is 4.98 Å². The minimum atomic E-state index is -3.87. The highest BCUT2D eigenvalue weighted by atomic mass is 32.2. The molecule has 4 atom stereocenters. The number of aromatic nitrogens is 2. The summed E-state index contributed by atoms with van der Waals surface area (Å²) in [7, 11) is -1.67. The van der Waals surface area contributed by atoms with Crippen LogP contribution in [0.4, 0.5) is 5.95 Å². The Balaban J connectivity index is 1.53. The maximum Gasteiger partial charge on any atom is 0.264 e. The average Bonchev–Trinajstić information content (AvgIpc) is 2.84. The predicted molar refractivity (Wildman–Crippen MR) is 140 cm³/mol. The molecule has 3 aromatic rings. The number of sulfonamides is 1. The molecule has 7 nitrogen and oxygen atoms in total. The first kappa shape index (κ1) is 23.4. The molecule has 0 amide bonds. The first-order valence-corrected chi connectivity index (χ1v) is 14.2. The van der Waals surface area contributed by atoms with E-state index in [9.17, 15) is 8.42 Å². The number of ether oxygens (including phenoxy) is 1. The molecule has 8 heteroatoms. The zero-order chi connectivity index (χ0) is 25.0. The second-order valence-corrected chi connectivity index (χ2v) is 12.2. The third-order valence-corrected chi connectivity index (χ3v) is 9.53. The fourth-order valence-electron chi connectivity index (χ4n) is 6.45. The van der Waals surface area contributed by atoms with Crippen LogP contribution in [0.5, 0.6) is 5.88 Å². The SMILES string of the molecule is Cc1cccc(C)c1-c1cc2nc(n1)NS(=O)(=O)c1cccc(c1)C1CC3C(CCCN3C)[C@H](C1)O2. The molecule has 2 aromatic carbocycles. The van der Waals surface area contributed by atoms with Crippen LogP contribution in [0.25, 0.3) is 11.3 Å². The van der Waals surface area contributed by atoms with Gasteiger partial charge in [0.25, 0.3) is 10.0 Å². The van der Waals surface area contributed by atoms with Gasteiger partial charge in [0.15, 0.2) is 0 Å². The normalized spacial score (nSPS) is 27.0. The van der Waals surface area contributed by atoms with Gasteiger partial charge in [0.2, 0.25) is 11.8 Å². The van der Waals surface area contributed by atoms with Crippen LogP contribution in [-0.2, 0) is 10.0 Å². The average molecular weight is 505 g/mol. The molecule has 1 N–H and O–H groups in total. The Hall–Kier alpha value is -2.97. The van der Waals surface area contributed by atoms with E-state index in [-0.39, 0.29) is 22.9 Å². The van der Waals surface area contributed by atoms with Crippen LogP contribution in [0.1, 0.15) is 48.3 Å². The molecule has 3 aliphatic rings. The molecule has 0 spiro atoms. The summed E-state index contributed by atoms with van der Waals surface area (Å²) in [5.41, 5.74) is 4.80. The van der Waals surface area contributed by atoms with Crippen LogP contribution in [0.15, 0.2) is 53.4 Å². The number of rotatable bonds is 1. The summed E-state index contributed by atoms with van der Waals surface area (Å²) in [4.78, 5) is 11.9. The second kappa shape index (κ2) is 8.85. The molecular weight excluding hydrogens is 472 g/mol. The molecule has 6 rings (SSSR count). The van der Waals surface area contributed by atoms with Crippen molar-refractivity contribution in [2.75, 3.05) is 18.3 Å². The Bertz CT molecular complexity index is 1400. The van der Waals surface area contributed by atoms with Gasteiger partial charge in [-0.25, -0.2) is 18.1 Å². The molecule has 3 heterocycles. The van der Waals surface area contributed by atoms with E-state index in [1.807, 2.05) is 56.3 Å². The number of fused-ring (bicyclic) bond motifs is 9. The molecule has 1 aliphatic carbocycles. The van der Waals surface area contributed by atoms with Gasteiger partial charge in [-0.1, -0.05) is 30.3 Å². The summed E-state index contributed by atoms with van der Waals surface area (Å²) in [6, 6.07) is 15.7. The quantitative estimate of drug-likeness (QED) is 0.507. The van der Waals surface area contributed by atoms with Gasteiger partial charge in [-0.15, -0.1) is 0 Å². The Morgan fingerprint density at radius 3 is 2.61 bits per heavy atom. The minimum absolute atomic E-state index is 0.00948. The largest absolute Gasteiger partial charge is 0.474 e. The van der Waals surface area contributed by atoms with Crippen LogP contribution in [0.2, 0.25) is 0 Å². The highest BCUT2D eigenvalue weighted by Gasteiger charge is 2.43. The van der Waals surface area contributed by atoms with Crippen molar-refractivity contribution in [3.05, 3.63) is 65.2 Å². The van der Waals surface area contributed by atoms with Gasteiger partial charge in [-0.3, -0.25) is 0 Å². The molecule has 188 valence electrons. The Labute approximate surface area is 213 Å². The molecule has 2 fully saturated rings. The zero-order valence-corrected chi connectivity index (χ0v) is 21.8. The van der Waals surface area contributed by atoms with Crippen LogP contribution in [0, 0.1) is 19.8 Å². The summed E-state index contributed by atoms with van der Waals surface area (Å²) in [5.74, 6) is 1.07.